The van der Waals surface area contributed by atoms with E-state index in [1.54, 1.807) is 12.3 Å². The highest BCUT2D eigenvalue weighted by Crippen LogP contribution is 2.17. The Bertz CT molecular complexity index is 537. The molecule has 0 spiro atoms. The molecule has 1 saturated heterocycles. The van der Waals surface area contributed by atoms with Crippen molar-refractivity contribution in [1.29, 1.82) is 0 Å². The highest BCUT2D eigenvalue weighted by molar-refractivity contribution is 9.10. The quantitative estimate of drug-likeness (QED) is 0.763. The molecule has 5 nitrogen and oxygen atoms in total. The third kappa shape index (κ3) is 4.41. The Morgan fingerprint density at radius 1 is 1.52 bits per heavy atom. The van der Waals surface area contributed by atoms with Gasteiger partial charge in [0.1, 0.15) is 4.47 Å². The maximum absolute atomic E-state index is 12.1. The summed E-state index contributed by atoms with van der Waals surface area (Å²) in [6, 6.07) is 0. The van der Waals surface area contributed by atoms with E-state index < -0.39 is 0 Å². The van der Waals surface area contributed by atoms with Crippen molar-refractivity contribution in [3.63, 3.8) is 0 Å². The van der Waals surface area contributed by atoms with Crippen LogP contribution in [0.15, 0.2) is 28.1 Å². The zero-order valence-corrected chi connectivity index (χ0v) is 14.1. The third-order valence-corrected chi connectivity index (χ3v) is 4.46. The van der Waals surface area contributed by atoms with Crippen molar-refractivity contribution in [3.8, 4) is 0 Å². The Kier molecular flexibility index (Phi) is 5.99. The van der Waals surface area contributed by atoms with Crippen LogP contribution in [-0.4, -0.2) is 40.9 Å². The van der Waals surface area contributed by atoms with Gasteiger partial charge in [0.2, 0.25) is 0 Å². The summed E-state index contributed by atoms with van der Waals surface area (Å²) in [6.45, 7) is 10.6. The lowest BCUT2D eigenvalue weighted by Gasteiger charge is -2.21. The van der Waals surface area contributed by atoms with Crippen LogP contribution in [0.2, 0.25) is 0 Å². The van der Waals surface area contributed by atoms with Crippen molar-refractivity contribution in [2.75, 3.05) is 31.5 Å². The van der Waals surface area contributed by atoms with E-state index >= 15 is 0 Å². The van der Waals surface area contributed by atoms with E-state index in [0.29, 0.717) is 16.9 Å². The molecule has 0 radical (unpaired) electrons. The van der Waals surface area contributed by atoms with E-state index in [1.807, 2.05) is 0 Å². The summed E-state index contributed by atoms with van der Waals surface area (Å²) in [6.07, 6.45) is 5.98. The van der Waals surface area contributed by atoms with Gasteiger partial charge >= 0.3 is 0 Å². The second-order valence-electron chi connectivity index (χ2n) is 5.64. The first-order chi connectivity index (χ1) is 10.1. The van der Waals surface area contributed by atoms with Crippen molar-refractivity contribution in [1.82, 2.24) is 14.7 Å². The summed E-state index contributed by atoms with van der Waals surface area (Å²) >= 11 is 3.36. The highest BCUT2D eigenvalue weighted by atomic mass is 79.9. The van der Waals surface area contributed by atoms with E-state index in [-0.39, 0.29) is 5.56 Å². The number of rotatable bonds is 7. The molecule has 1 fully saturated rings. The largest absolute Gasteiger partial charge is 0.382 e. The average molecular weight is 355 g/mol. The Hall–Kier alpha value is -1.14. The molecule has 0 bridgehead atoms. The van der Waals surface area contributed by atoms with Crippen molar-refractivity contribution in [3.05, 3.63) is 33.7 Å². The maximum atomic E-state index is 12.1. The predicted molar refractivity (Wildman–Crippen MR) is 89.7 cm³/mol. The van der Waals surface area contributed by atoms with Crippen LogP contribution in [0.1, 0.15) is 19.8 Å². The molecular weight excluding hydrogens is 332 g/mol. The molecule has 2 rings (SSSR count). The van der Waals surface area contributed by atoms with Crippen LogP contribution < -0.4 is 10.9 Å². The summed E-state index contributed by atoms with van der Waals surface area (Å²) in [5.74, 6) is 0.533. The van der Waals surface area contributed by atoms with Gasteiger partial charge in [0.05, 0.1) is 18.4 Å². The van der Waals surface area contributed by atoms with Gasteiger partial charge in [0.25, 0.3) is 5.56 Å². The normalized spacial score (nSPS) is 16.9. The molecule has 0 aliphatic carbocycles. The smallest absolute Gasteiger partial charge is 0.283 e. The number of hydrogen-bond donors (Lipinski definition) is 1. The van der Waals surface area contributed by atoms with E-state index in [0.717, 1.165) is 18.8 Å². The molecule has 0 aromatic carbocycles. The topological polar surface area (TPSA) is 50.2 Å². The second kappa shape index (κ2) is 7.75. The lowest BCUT2D eigenvalue weighted by Crippen LogP contribution is -2.29. The molecular formula is C15H23BrN4O. The fourth-order valence-electron chi connectivity index (χ4n) is 2.60. The molecule has 1 aromatic heterocycles. The van der Waals surface area contributed by atoms with E-state index in [1.165, 1.54) is 30.6 Å². The number of nitrogens with one attached hydrogen (secondary N) is 1. The molecule has 1 aromatic rings. The molecule has 2 heterocycles. The Labute approximate surface area is 134 Å². The highest BCUT2D eigenvalue weighted by Gasteiger charge is 2.15. The zero-order chi connectivity index (χ0) is 15.2. The second-order valence-corrected chi connectivity index (χ2v) is 6.43. The minimum absolute atomic E-state index is 0.132. The van der Waals surface area contributed by atoms with Gasteiger partial charge in [0, 0.05) is 13.1 Å². The number of hydrogen-bond acceptors (Lipinski definition) is 4. The van der Waals surface area contributed by atoms with Gasteiger partial charge in [-0.25, -0.2) is 4.68 Å². The van der Waals surface area contributed by atoms with Gasteiger partial charge in [-0.15, -0.1) is 6.58 Å². The van der Waals surface area contributed by atoms with E-state index in [9.17, 15) is 4.79 Å². The number of likely N-dealkylation sites (tertiary alicyclic amines) is 1. The van der Waals surface area contributed by atoms with Crippen LogP contribution in [0.25, 0.3) is 0 Å². The van der Waals surface area contributed by atoms with Crippen molar-refractivity contribution in [2.24, 2.45) is 5.92 Å². The molecule has 0 amide bonds. The van der Waals surface area contributed by atoms with Crippen LogP contribution in [0.5, 0.6) is 0 Å². The molecule has 0 saturated carbocycles. The van der Waals surface area contributed by atoms with Crippen LogP contribution in [0, 0.1) is 5.92 Å². The lowest BCUT2D eigenvalue weighted by atomic mass is 10.1. The van der Waals surface area contributed by atoms with Crippen LogP contribution in [0.3, 0.4) is 0 Å². The van der Waals surface area contributed by atoms with Gasteiger partial charge in [-0.2, -0.15) is 5.10 Å². The maximum Gasteiger partial charge on any atom is 0.283 e. The number of halogens is 1. The first kappa shape index (κ1) is 16.2. The van der Waals surface area contributed by atoms with Crippen LogP contribution >= 0.6 is 15.9 Å². The molecule has 1 N–H and O–H groups in total. The fourth-order valence-corrected chi connectivity index (χ4v) is 3.04. The van der Waals surface area contributed by atoms with Crippen molar-refractivity contribution in [2.45, 2.75) is 26.3 Å². The van der Waals surface area contributed by atoms with Gasteiger partial charge in [-0.05, 0) is 47.8 Å². The summed E-state index contributed by atoms with van der Waals surface area (Å²) in [5.41, 5.74) is 0.626. The molecule has 6 heteroatoms. The molecule has 1 unspecified atom stereocenters. The summed E-state index contributed by atoms with van der Waals surface area (Å²) in [4.78, 5) is 14.6. The van der Waals surface area contributed by atoms with Gasteiger partial charge in [-0.1, -0.05) is 13.0 Å². The molecule has 116 valence electrons. The number of nitrogens with zero attached hydrogens (tertiary/aromatic N) is 3. The van der Waals surface area contributed by atoms with E-state index in [2.05, 4.69) is 44.7 Å². The summed E-state index contributed by atoms with van der Waals surface area (Å²) < 4.78 is 1.92. The number of anilines is 1. The van der Waals surface area contributed by atoms with Crippen LogP contribution in [0.4, 0.5) is 5.69 Å². The van der Waals surface area contributed by atoms with Gasteiger partial charge in [-0.3, -0.25) is 4.79 Å². The number of allylic oxidation sites excluding steroid dienone is 1. The Morgan fingerprint density at radius 3 is 2.90 bits per heavy atom. The summed E-state index contributed by atoms with van der Waals surface area (Å²) in [7, 11) is 0. The minimum Gasteiger partial charge on any atom is -0.382 e. The minimum atomic E-state index is -0.132. The Morgan fingerprint density at radius 2 is 2.24 bits per heavy atom. The molecule has 1 aliphatic heterocycles. The molecule has 1 aliphatic rings. The van der Waals surface area contributed by atoms with Crippen molar-refractivity contribution >= 4 is 21.6 Å². The fraction of sp³-hybridized carbons (Fsp3) is 0.600. The van der Waals surface area contributed by atoms with Gasteiger partial charge < -0.3 is 10.2 Å². The van der Waals surface area contributed by atoms with Gasteiger partial charge in [0.15, 0.2) is 0 Å². The molecule has 1 atom stereocenters. The standard InChI is InChI=1S/C15H23BrN4O/c1-3-6-20-15(21)14(16)13(10-18-20)17-9-12(2)11-19-7-4-5-8-19/h3,10,12,17H,1,4-9,11H2,2H3. The van der Waals surface area contributed by atoms with Crippen LogP contribution in [-0.2, 0) is 6.54 Å². The predicted octanol–water partition coefficient (Wildman–Crippen LogP) is 2.34. The van der Waals surface area contributed by atoms with Crippen molar-refractivity contribution < 1.29 is 0 Å². The SMILES string of the molecule is C=CCn1ncc(NCC(C)CN2CCCC2)c(Br)c1=O. The first-order valence-electron chi connectivity index (χ1n) is 7.44. The lowest BCUT2D eigenvalue weighted by molar-refractivity contribution is 0.294. The number of aromatic nitrogens is 2. The third-order valence-electron chi connectivity index (χ3n) is 3.70. The zero-order valence-electron chi connectivity index (χ0n) is 12.5. The monoisotopic (exact) mass is 354 g/mol. The first-order valence-corrected chi connectivity index (χ1v) is 8.24. The van der Waals surface area contributed by atoms with E-state index in [4.69, 9.17) is 0 Å². The summed E-state index contributed by atoms with van der Waals surface area (Å²) in [5, 5.41) is 7.46. The Balaban J connectivity index is 1.91. The molecule has 21 heavy (non-hydrogen) atoms. The average Bonchev–Trinajstić information content (AvgIpc) is 2.96.